The van der Waals surface area contributed by atoms with Gasteiger partial charge in [-0.1, -0.05) is 60.1 Å². The summed E-state index contributed by atoms with van der Waals surface area (Å²) in [7, 11) is 0. The second-order valence-corrected chi connectivity index (χ2v) is 9.61. The Balaban J connectivity index is 1.73. The molecule has 0 saturated carbocycles. The van der Waals surface area contributed by atoms with Crippen molar-refractivity contribution in [3.05, 3.63) is 142 Å². The first-order valence-corrected chi connectivity index (χ1v) is 12.5. The van der Waals surface area contributed by atoms with E-state index in [1.807, 2.05) is 6.07 Å². The average molecular weight is 538 g/mol. The number of halogens is 4. The molecule has 0 spiro atoms. The summed E-state index contributed by atoms with van der Waals surface area (Å²) >= 11 is 6.14. The van der Waals surface area contributed by atoms with Crippen LogP contribution in [0, 0.1) is 17.5 Å². The summed E-state index contributed by atoms with van der Waals surface area (Å²) in [4.78, 5) is 17.8. The second-order valence-electron chi connectivity index (χ2n) is 9.18. The zero-order chi connectivity index (χ0) is 27.1. The molecule has 2 nitrogen and oxygen atoms in total. The van der Waals surface area contributed by atoms with E-state index >= 15 is 0 Å². The van der Waals surface area contributed by atoms with Crippen LogP contribution in [-0.2, 0) is 0 Å². The van der Waals surface area contributed by atoms with Crippen molar-refractivity contribution in [3.63, 3.8) is 0 Å². The Labute approximate surface area is 227 Å². The first kappa shape index (κ1) is 24.7. The van der Waals surface area contributed by atoms with Gasteiger partial charge in [-0.3, -0.25) is 4.79 Å². The van der Waals surface area contributed by atoms with Gasteiger partial charge < -0.3 is 4.98 Å². The van der Waals surface area contributed by atoms with Crippen molar-refractivity contribution in [2.45, 2.75) is 0 Å². The molecule has 1 aromatic heterocycles. The van der Waals surface area contributed by atoms with Crippen LogP contribution in [0.1, 0.15) is 0 Å². The number of H-pyrrole nitrogens is 1. The lowest BCUT2D eigenvalue weighted by atomic mass is 9.91. The molecular formula is C33H19ClF3NO. The van der Waals surface area contributed by atoms with Gasteiger partial charge in [-0.25, -0.2) is 13.2 Å². The molecule has 0 atom stereocenters. The monoisotopic (exact) mass is 537 g/mol. The van der Waals surface area contributed by atoms with E-state index in [0.29, 0.717) is 60.6 Å². The summed E-state index contributed by atoms with van der Waals surface area (Å²) in [6, 6.07) is 28.5. The van der Waals surface area contributed by atoms with Gasteiger partial charge in [0, 0.05) is 16.0 Å². The van der Waals surface area contributed by atoms with Gasteiger partial charge in [-0.2, -0.15) is 0 Å². The van der Waals surface area contributed by atoms with E-state index in [-0.39, 0.29) is 17.1 Å². The molecule has 1 N–H and O–H groups in total. The predicted octanol–water partition coefficient (Wildman–Crippen LogP) is 9.27. The average Bonchev–Trinajstić information content (AvgIpc) is 2.95. The van der Waals surface area contributed by atoms with Crippen molar-refractivity contribution < 1.29 is 13.2 Å². The van der Waals surface area contributed by atoms with E-state index in [0.717, 1.165) is 0 Å². The summed E-state index contributed by atoms with van der Waals surface area (Å²) in [5.41, 5.74) is 5.20. The van der Waals surface area contributed by atoms with Crippen LogP contribution >= 0.6 is 11.6 Å². The molecule has 1 heterocycles. The van der Waals surface area contributed by atoms with Crippen LogP contribution in [0.4, 0.5) is 13.2 Å². The molecule has 190 valence electrons. The van der Waals surface area contributed by atoms with Crippen LogP contribution in [0.2, 0.25) is 5.02 Å². The van der Waals surface area contributed by atoms with Crippen LogP contribution in [0.15, 0.2) is 114 Å². The molecule has 0 bridgehead atoms. The standard InChI is InChI=1S/C33H19ClF3NO/c34-24-9-1-22(2-10-24)31-30(21-7-15-27(37)16-8-21)33(39)29-18-23(19-3-11-25(35)12-4-19)17-28(32(29)38-31)20-5-13-26(36)14-6-20/h1-18H,(H,38,39). The van der Waals surface area contributed by atoms with Crippen molar-refractivity contribution in [3.8, 4) is 44.6 Å². The van der Waals surface area contributed by atoms with Gasteiger partial charge in [0.25, 0.3) is 0 Å². The lowest BCUT2D eigenvalue weighted by molar-refractivity contribution is 0.627. The molecule has 6 rings (SSSR count). The number of hydrogen-bond donors (Lipinski definition) is 1. The van der Waals surface area contributed by atoms with Crippen LogP contribution in [0.3, 0.4) is 0 Å². The number of aromatic amines is 1. The third-order valence-corrected chi connectivity index (χ3v) is 6.96. The smallest absolute Gasteiger partial charge is 0.197 e. The molecule has 0 saturated heterocycles. The van der Waals surface area contributed by atoms with Gasteiger partial charge in [-0.05, 0) is 88.5 Å². The largest absolute Gasteiger partial charge is 0.353 e. The Morgan fingerprint density at radius 1 is 0.538 bits per heavy atom. The minimum atomic E-state index is -0.416. The third-order valence-electron chi connectivity index (χ3n) is 6.71. The maximum atomic E-state index is 14.3. The molecule has 0 fully saturated rings. The maximum Gasteiger partial charge on any atom is 0.197 e. The summed E-state index contributed by atoms with van der Waals surface area (Å²) in [6.45, 7) is 0. The molecule has 6 heteroatoms. The number of benzene rings is 5. The van der Waals surface area contributed by atoms with Gasteiger partial charge >= 0.3 is 0 Å². The highest BCUT2D eigenvalue weighted by Crippen LogP contribution is 2.37. The summed E-state index contributed by atoms with van der Waals surface area (Å²) in [6.07, 6.45) is 0. The van der Waals surface area contributed by atoms with Crippen LogP contribution in [-0.4, -0.2) is 4.98 Å². The minimum Gasteiger partial charge on any atom is -0.353 e. The normalized spacial score (nSPS) is 11.2. The number of fused-ring (bicyclic) bond motifs is 1. The van der Waals surface area contributed by atoms with Crippen molar-refractivity contribution in [2.75, 3.05) is 0 Å². The van der Waals surface area contributed by atoms with Crippen molar-refractivity contribution in [1.82, 2.24) is 4.98 Å². The van der Waals surface area contributed by atoms with Crippen molar-refractivity contribution >= 4 is 22.5 Å². The SMILES string of the molecule is O=c1c(-c2ccc(F)cc2)c(-c2ccc(Cl)cc2)[nH]c2c(-c3ccc(F)cc3)cc(-c3ccc(F)cc3)cc12. The van der Waals surface area contributed by atoms with Gasteiger partial charge in [0.15, 0.2) is 5.43 Å². The molecule has 0 unspecified atom stereocenters. The number of nitrogens with one attached hydrogen (secondary N) is 1. The predicted molar refractivity (Wildman–Crippen MR) is 151 cm³/mol. The Hall–Kier alpha value is -4.61. The van der Waals surface area contributed by atoms with Crippen LogP contribution in [0.5, 0.6) is 0 Å². The molecule has 0 aliphatic rings. The van der Waals surface area contributed by atoms with Gasteiger partial charge in [0.1, 0.15) is 17.5 Å². The van der Waals surface area contributed by atoms with Crippen molar-refractivity contribution in [2.24, 2.45) is 0 Å². The lowest BCUT2D eigenvalue weighted by Crippen LogP contribution is -2.10. The van der Waals surface area contributed by atoms with E-state index in [1.165, 1.54) is 36.4 Å². The zero-order valence-corrected chi connectivity index (χ0v) is 21.1. The summed E-state index contributed by atoms with van der Waals surface area (Å²) in [5, 5.41) is 0.925. The summed E-state index contributed by atoms with van der Waals surface area (Å²) < 4.78 is 41.3. The van der Waals surface area contributed by atoms with E-state index in [1.54, 1.807) is 66.7 Å². The number of hydrogen-bond acceptors (Lipinski definition) is 1. The third kappa shape index (κ3) is 4.73. The molecule has 0 aliphatic heterocycles. The Bertz CT molecular complexity index is 1880. The zero-order valence-electron chi connectivity index (χ0n) is 20.3. The molecule has 0 amide bonds. The number of pyridine rings is 1. The molecule has 39 heavy (non-hydrogen) atoms. The fourth-order valence-corrected chi connectivity index (χ4v) is 4.91. The van der Waals surface area contributed by atoms with E-state index in [2.05, 4.69) is 4.98 Å². The fourth-order valence-electron chi connectivity index (χ4n) is 4.78. The Morgan fingerprint density at radius 2 is 1.03 bits per heavy atom. The Morgan fingerprint density at radius 3 is 1.59 bits per heavy atom. The topological polar surface area (TPSA) is 32.9 Å². The highest BCUT2D eigenvalue weighted by molar-refractivity contribution is 6.30. The molecule has 0 aliphatic carbocycles. The molecule has 0 radical (unpaired) electrons. The van der Waals surface area contributed by atoms with E-state index in [4.69, 9.17) is 11.6 Å². The highest BCUT2D eigenvalue weighted by Gasteiger charge is 2.19. The first-order chi connectivity index (χ1) is 18.9. The molecular weight excluding hydrogens is 519 g/mol. The van der Waals surface area contributed by atoms with Crippen LogP contribution < -0.4 is 5.43 Å². The molecule has 5 aromatic carbocycles. The van der Waals surface area contributed by atoms with Gasteiger partial charge in [-0.15, -0.1) is 0 Å². The van der Waals surface area contributed by atoms with E-state index < -0.39 is 5.82 Å². The number of aromatic nitrogens is 1. The lowest BCUT2D eigenvalue weighted by Gasteiger charge is -2.16. The maximum absolute atomic E-state index is 14.3. The summed E-state index contributed by atoms with van der Waals surface area (Å²) in [5.74, 6) is -1.17. The van der Waals surface area contributed by atoms with Gasteiger partial charge in [0.2, 0.25) is 0 Å². The number of rotatable bonds is 4. The first-order valence-electron chi connectivity index (χ1n) is 12.2. The van der Waals surface area contributed by atoms with Crippen molar-refractivity contribution in [1.29, 1.82) is 0 Å². The van der Waals surface area contributed by atoms with E-state index in [9.17, 15) is 18.0 Å². The second kappa shape index (κ2) is 9.93. The fraction of sp³-hybridized carbons (Fsp3) is 0. The highest BCUT2D eigenvalue weighted by atomic mass is 35.5. The quantitative estimate of drug-likeness (QED) is 0.239. The molecule has 6 aromatic rings. The van der Waals surface area contributed by atoms with Crippen LogP contribution in [0.25, 0.3) is 55.5 Å². The minimum absolute atomic E-state index is 0.271. The Kier molecular flexibility index (Phi) is 6.29. The van der Waals surface area contributed by atoms with Gasteiger partial charge in [0.05, 0.1) is 16.8 Å².